The predicted octanol–water partition coefficient (Wildman–Crippen LogP) is 3.43. The molecule has 7 heteroatoms. The van der Waals surface area contributed by atoms with Crippen molar-refractivity contribution in [2.45, 2.75) is 45.9 Å². The molecular weight excluding hydrogens is 402 g/mol. The van der Waals surface area contributed by atoms with Crippen LogP contribution < -0.4 is 10.6 Å². The molecule has 1 heterocycles. The van der Waals surface area contributed by atoms with Crippen molar-refractivity contribution in [3.63, 3.8) is 0 Å². The van der Waals surface area contributed by atoms with Crippen molar-refractivity contribution < 1.29 is 9.84 Å². The van der Waals surface area contributed by atoms with Crippen LogP contribution in [0.2, 0.25) is 0 Å². The van der Waals surface area contributed by atoms with Crippen LogP contribution in [0.3, 0.4) is 0 Å². The average Bonchev–Trinajstić information content (AvgIpc) is 3.14. The Kier molecular flexibility index (Phi) is 9.07. The maximum atomic E-state index is 10.3. The minimum atomic E-state index is -0.656. The van der Waals surface area contributed by atoms with Gasteiger partial charge >= 0.3 is 0 Å². The predicted molar refractivity (Wildman–Crippen MR) is 130 cm³/mol. The molecule has 0 saturated heterocycles. The summed E-state index contributed by atoms with van der Waals surface area (Å²) in [6.45, 7) is 8.99. The number of para-hydroxylation sites is 2. The number of aromatic nitrogens is 2. The van der Waals surface area contributed by atoms with E-state index < -0.39 is 6.10 Å². The molecule has 7 nitrogen and oxygen atoms in total. The lowest BCUT2D eigenvalue weighted by Crippen LogP contribution is -2.39. The third-order valence-corrected chi connectivity index (χ3v) is 5.31. The molecule has 0 spiro atoms. The third-order valence-electron chi connectivity index (χ3n) is 5.31. The highest BCUT2D eigenvalue weighted by atomic mass is 16.5. The van der Waals surface area contributed by atoms with E-state index in [0.717, 1.165) is 43.0 Å². The molecule has 1 aromatic heterocycles. The highest BCUT2D eigenvalue weighted by molar-refractivity contribution is 5.79. The van der Waals surface area contributed by atoms with Crippen molar-refractivity contribution in [2.75, 3.05) is 26.2 Å². The van der Waals surface area contributed by atoms with Crippen molar-refractivity contribution in [3.05, 3.63) is 66.0 Å². The molecule has 0 aliphatic heterocycles. The maximum Gasteiger partial charge on any atom is 0.191 e. The first kappa shape index (κ1) is 23.8. The Balaban J connectivity index is 1.43. The van der Waals surface area contributed by atoms with E-state index in [9.17, 15) is 5.11 Å². The first-order valence-corrected chi connectivity index (χ1v) is 11.4. The molecule has 2 atom stereocenters. The van der Waals surface area contributed by atoms with E-state index in [2.05, 4.69) is 31.2 Å². The molecule has 172 valence electrons. The normalized spacial score (nSPS) is 13.8. The molecule has 3 N–H and O–H groups in total. The molecule has 0 amide bonds. The van der Waals surface area contributed by atoms with E-state index in [4.69, 9.17) is 4.74 Å². The summed E-state index contributed by atoms with van der Waals surface area (Å²) in [4.78, 5) is 9.13. The van der Waals surface area contributed by atoms with Crippen molar-refractivity contribution in [1.82, 2.24) is 20.2 Å². The number of nitrogens with one attached hydrogen (secondary N) is 2. The van der Waals surface area contributed by atoms with Gasteiger partial charge in [0.15, 0.2) is 5.96 Å². The Labute approximate surface area is 190 Å². The van der Waals surface area contributed by atoms with Gasteiger partial charge in [-0.05, 0) is 44.9 Å². The smallest absolute Gasteiger partial charge is 0.191 e. The van der Waals surface area contributed by atoms with Gasteiger partial charge < -0.3 is 25.0 Å². The second-order valence-corrected chi connectivity index (χ2v) is 7.84. The molecular formula is C25H35N5O2. The van der Waals surface area contributed by atoms with Gasteiger partial charge in [-0.1, -0.05) is 42.5 Å². The van der Waals surface area contributed by atoms with Crippen molar-refractivity contribution >= 4 is 17.0 Å². The van der Waals surface area contributed by atoms with Gasteiger partial charge in [0.2, 0.25) is 0 Å². The van der Waals surface area contributed by atoms with Gasteiger partial charge in [0.25, 0.3) is 0 Å². The molecule has 3 aromatic rings. The highest BCUT2D eigenvalue weighted by Gasteiger charge is 2.10. The number of fused-ring (bicyclic) bond motifs is 1. The number of imidazole rings is 1. The summed E-state index contributed by atoms with van der Waals surface area (Å²) < 4.78 is 8.05. The van der Waals surface area contributed by atoms with Crippen molar-refractivity contribution in [3.8, 4) is 0 Å². The van der Waals surface area contributed by atoms with Crippen LogP contribution in [0.15, 0.2) is 59.6 Å². The second kappa shape index (κ2) is 12.2. The number of rotatable bonds is 11. The largest absolute Gasteiger partial charge is 0.389 e. The Morgan fingerprint density at radius 2 is 1.88 bits per heavy atom. The molecule has 0 saturated carbocycles. The van der Waals surface area contributed by atoms with Crippen LogP contribution in [0.5, 0.6) is 0 Å². The Bertz CT molecular complexity index is 986. The number of aliphatic hydroxyl groups is 1. The second-order valence-electron chi connectivity index (χ2n) is 7.84. The summed E-state index contributed by atoms with van der Waals surface area (Å²) in [5.74, 6) is 1.73. The molecule has 0 aliphatic carbocycles. The van der Waals surface area contributed by atoms with E-state index in [-0.39, 0.29) is 19.3 Å². The minimum Gasteiger partial charge on any atom is -0.389 e. The number of ether oxygens (including phenoxy) is 1. The van der Waals surface area contributed by atoms with Crippen LogP contribution in [0.4, 0.5) is 0 Å². The molecule has 0 radical (unpaired) electrons. The third kappa shape index (κ3) is 6.80. The number of aliphatic imine (C=N–C) groups is 1. The summed E-state index contributed by atoms with van der Waals surface area (Å²) in [5, 5.41) is 16.9. The molecule has 0 bridgehead atoms. The highest BCUT2D eigenvalue weighted by Crippen LogP contribution is 2.16. The zero-order chi connectivity index (χ0) is 22.8. The van der Waals surface area contributed by atoms with Crippen LogP contribution in [0.25, 0.3) is 11.0 Å². The fraction of sp³-hybridized carbons (Fsp3) is 0.440. The van der Waals surface area contributed by atoms with Gasteiger partial charge in [0.05, 0.1) is 36.4 Å². The zero-order valence-electron chi connectivity index (χ0n) is 19.3. The van der Waals surface area contributed by atoms with Gasteiger partial charge in [-0.3, -0.25) is 4.99 Å². The molecule has 0 fully saturated rings. The number of benzene rings is 2. The van der Waals surface area contributed by atoms with E-state index in [1.807, 2.05) is 69.3 Å². The van der Waals surface area contributed by atoms with Crippen LogP contribution >= 0.6 is 0 Å². The molecule has 3 rings (SSSR count). The minimum absolute atomic E-state index is 0.0658. The Hall–Kier alpha value is -2.90. The fourth-order valence-corrected chi connectivity index (χ4v) is 3.59. The number of hydrogen-bond donors (Lipinski definition) is 3. The quantitative estimate of drug-likeness (QED) is 0.243. The Morgan fingerprint density at radius 3 is 2.66 bits per heavy atom. The average molecular weight is 438 g/mol. The summed E-state index contributed by atoms with van der Waals surface area (Å²) in [6, 6.07) is 18.2. The van der Waals surface area contributed by atoms with E-state index >= 15 is 0 Å². The SMILES string of the molecule is CCNC(=NCC(O)COC(C)c1ccccc1)NCCCn1c(C)nc2ccccc21. The van der Waals surface area contributed by atoms with E-state index in [0.29, 0.717) is 5.96 Å². The molecule has 2 unspecified atom stereocenters. The van der Waals surface area contributed by atoms with Gasteiger partial charge in [-0.25, -0.2) is 4.98 Å². The van der Waals surface area contributed by atoms with Crippen LogP contribution in [0, 0.1) is 6.92 Å². The summed E-state index contributed by atoms with van der Waals surface area (Å²) in [6.07, 6.45) is 0.215. The lowest BCUT2D eigenvalue weighted by molar-refractivity contribution is 0.00111. The number of aryl methyl sites for hydroxylation is 2. The van der Waals surface area contributed by atoms with Crippen LogP contribution in [-0.4, -0.2) is 53.0 Å². The van der Waals surface area contributed by atoms with Crippen LogP contribution in [0.1, 0.15) is 37.8 Å². The number of hydrogen-bond acceptors (Lipinski definition) is 4. The topological polar surface area (TPSA) is 83.7 Å². The van der Waals surface area contributed by atoms with Crippen LogP contribution in [-0.2, 0) is 11.3 Å². The standard InChI is InChI=1S/C25H35N5O2/c1-4-26-25(28-17-22(31)18-32-19(2)21-11-6-5-7-12-21)27-15-10-16-30-20(3)29-23-13-8-9-14-24(23)30/h5-9,11-14,19,22,31H,4,10,15-18H2,1-3H3,(H2,26,27,28). The molecule has 32 heavy (non-hydrogen) atoms. The monoisotopic (exact) mass is 437 g/mol. The lowest BCUT2D eigenvalue weighted by atomic mass is 10.1. The maximum absolute atomic E-state index is 10.3. The van der Waals surface area contributed by atoms with E-state index in [1.165, 1.54) is 5.52 Å². The lowest BCUT2D eigenvalue weighted by Gasteiger charge is -2.17. The number of nitrogens with zero attached hydrogens (tertiary/aromatic N) is 3. The van der Waals surface area contributed by atoms with Gasteiger partial charge in [0, 0.05) is 19.6 Å². The fourth-order valence-electron chi connectivity index (χ4n) is 3.59. The van der Waals surface area contributed by atoms with Gasteiger partial charge in [-0.2, -0.15) is 0 Å². The first-order chi connectivity index (χ1) is 15.6. The van der Waals surface area contributed by atoms with Gasteiger partial charge in [0.1, 0.15) is 5.82 Å². The summed E-state index contributed by atoms with van der Waals surface area (Å²) >= 11 is 0. The summed E-state index contributed by atoms with van der Waals surface area (Å²) in [7, 11) is 0. The summed E-state index contributed by atoms with van der Waals surface area (Å²) in [5.41, 5.74) is 3.29. The zero-order valence-corrected chi connectivity index (χ0v) is 19.3. The van der Waals surface area contributed by atoms with E-state index in [1.54, 1.807) is 0 Å². The molecule has 0 aliphatic rings. The number of aliphatic hydroxyl groups excluding tert-OH is 1. The number of guanidine groups is 1. The van der Waals surface area contributed by atoms with Crippen molar-refractivity contribution in [1.29, 1.82) is 0 Å². The Morgan fingerprint density at radius 1 is 1.12 bits per heavy atom. The first-order valence-electron chi connectivity index (χ1n) is 11.4. The van der Waals surface area contributed by atoms with Gasteiger partial charge in [-0.15, -0.1) is 0 Å². The van der Waals surface area contributed by atoms with Crippen molar-refractivity contribution in [2.24, 2.45) is 4.99 Å². The molecule has 2 aromatic carbocycles.